The van der Waals surface area contributed by atoms with E-state index >= 15 is 0 Å². The van der Waals surface area contributed by atoms with Gasteiger partial charge in [-0.2, -0.15) is 0 Å². The van der Waals surface area contributed by atoms with E-state index in [4.69, 9.17) is 42.6 Å². The molecular formula is C55H88O24. The van der Waals surface area contributed by atoms with Crippen LogP contribution in [0.15, 0.2) is 11.6 Å². The lowest BCUT2D eigenvalue weighted by atomic mass is 9.33. The van der Waals surface area contributed by atoms with E-state index in [1.54, 1.807) is 0 Å². The maximum absolute atomic E-state index is 14.5. The maximum atomic E-state index is 14.5. The standard InChI is InChI=1S/C55H88O24/c1-23-32(60)35(63)41(69)47(73-23)78-43-37(65)34(62)27(20-57)75-48(43)79-44-39(67)38(66)42(45(70)71-8)77-49(44)76-31-12-13-52(4)28(53(31,5)21-58)11-14-55(7)29(52)10-9-24-25-17-50(2,18-30(59)51(25,3)15-16-54(24,55)6)22-72-46-40(68)36(64)33(61)26(19-56)74-46/h9,23,25-29,31-44,46-49,56-58,60-69H,10-22H2,1-8H3/t23-,25-,26+,27+,28+,29+,31-,32-,33+,34-,35+,36-,37-,38-,39-,40+,41+,42-,43+,44+,46+,47-,48-,49+,50-,51+,52-,53+,54+,55+/m0/s1. The summed E-state index contributed by atoms with van der Waals surface area (Å²) < 4.78 is 53.5. The van der Waals surface area contributed by atoms with Gasteiger partial charge in [-0.3, -0.25) is 4.79 Å². The zero-order chi connectivity index (χ0) is 57.9. The lowest BCUT2D eigenvalue weighted by Crippen LogP contribution is -2.68. The molecule has 452 valence electrons. The minimum absolute atomic E-state index is 0.0154. The number of esters is 1. The second-order valence-electron chi connectivity index (χ2n) is 26.2. The quantitative estimate of drug-likeness (QED) is 0.0529. The number of aliphatic hydroxyl groups is 13. The average molecular weight is 1130 g/mol. The van der Waals surface area contributed by atoms with Crippen molar-refractivity contribution in [3.63, 3.8) is 0 Å². The van der Waals surface area contributed by atoms with Crippen LogP contribution in [0.1, 0.15) is 106 Å². The van der Waals surface area contributed by atoms with Crippen LogP contribution in [-0.4, -0.2) is 241 Å². The van der Waals surface area contributed by atoms with Crippen molar-refractivity contribution in [1.29, 1.82) is 0 Å². The third kappa shape index (κ3) is 10.0. The topological polar surface area (TPSA) is 380 Å². The van der Waals surface area contributed by atoms with Crippen LogP contribution >= 0.6 is 0 Å². The Bertz CT molecular complexity index is 2220. The first-order valence-corrected chi connectivity index (χ1v) is 28.2. The molecule has 0 aromatic rings. The second-order valence-corrected chi connectivity index (χ2v) is 26.2. The van der Waals surface area contributed by atoms with E-state index in [0.29, 0.717) is 38.5 Å². The molecule has 9 aliphatic rings. The summed E-state index contributed by atoms with van der Waals surface area (Å²) in [5, 5.41) is 141. The molecule has 0 radical (unpaired) electrons. The Kier molecular flexibility index (Phi) is 17.5. The minimum atomic E-state index is -2.00. The predicted molar refractivity (Wildman–Crippen MR) is 268 cm³/mol. The summed E-state index contributed by atoms with van der Waals surface area (Å²) in [6, 6.07) is 0. The van der Waals surface area contributed by atoms with Gasteiger partial charge in [0.1, 0.15) is 91.2 Å². The lowest BCUT2D eigenvalue weighted by Gasteiger charge is -2.71. The first kappa shape index (κ1) is 61.6. The lowest BCUT2D eigenvalue weighted by molar-refractivity contribution is -0.396. The van der Waals surface area contributed by atoms with Crippen molar-refractivity contribution < 1.29 is 119 Å². The number of ketones is 1. The number of allylic oxidation sites excluding steroid dienone is 2. The number of hydrogen-bond acceptors (Lipinski definition) is 24. The first-order chi connectivity index (χ1) is 37.0. The molecule has 8 fully saturated rings. The van der Waals surface area contributed by atoms with Crippen molar-refractivity contribution in [3.05, 3.63) is 11.6 Å². The highest BCUT2D eigenvalue weighted by Crippen LogP contribution is 2.75. The molecule has 0 aromatic carbocycles. The zero-order valence-electron chi connectivity index (χ0n) is 46.4. The van der Waals surface area contributed by atoms with Gasteiger partial charge in [0.15, 0.2) is 31.3 Å². The molecule has 0 bridgehead atoms. The first-order valence-electron chi connectivity index (χ1n) is 28.2. The summed E-state index contributed by atoms with van der Waals surface area (Å²) in [6.45, 7) is 12.6. The van der Waals surface area contributed by atoms with Crippen LogP contribution in [0, 0.1) is 50.2 Å². The molecule has 0 spiro atoms. The molecule has 0 unspecified atom stereocenters. The van der Waals surface area contributed by atoms with E-state index in [-0.39, 0.29) is 54.0 Å². The smallest absolute Gasteiger partial charge is 0.337 e. The van der Waals surface area contributed by atoms with Crippen molar-refractivity contribution in [2.24, 2.45) is 50.2 Å². The molecule has 4 saturated heterocycles. The molecular weight excluding hydrogens is 1040 g/mol. The Hall–Kier alpha value is -1.96. The summed E-state index contributed by atoms with van der Waals surface area (Å²) >= 11 is 0. The van der Waals surface area contributed by atoms with E-state index in [1.165, 1.54) is 12.5 Å². The van der Waals surface area contributed by atoms with Crippen molar-refractivity contribution in [2.75, 3.05) is 33.5 Å². The number of carbonyl (C=O) groups excluding carboxylic acids is 2. The van der Waals surface area contributed by atoms with Crippen molar-refractivity contribution >= 4 is 11.8 Å². The van der Waals surface area contributed by atoms with Gasteiger partial charge in [-0.25, -0.2) is 4.79 Å². The molecule has 0 aromatic heterocycles. The number of aliphatic hydroxyl groups excluding tert-OH is 13. The van der Waals surface area contributed by atoms with Gasteiger partial charge in [0.05, 0.1) is 45.7 Å². The highest BCUT2D eigenvalue weighted by Gasteiger charge is 2.70. The average Bonchev–Trinajstić information content (AvgIpc) is 2.61. The Morgan fingerprint density at radius 2 is 1.22 bits per heavy atom. The van der Waals surface area contributed by atoms with Crippen molar-refractivity contribution in [3.8, 4) is 0 Å². The Balaban J connectivity index is 0.971. The van der Waals surface area contributed by atoms with Crippen LogP contribution in [-0.2, 0) is 52.2 Å². The van der Waals surface area contributed by atoms with Crippen LogP contribution in [0.2, 0.25) is 0 Å². The molecule has 79 heavy (non-hydrogen) atoms. The maximum Gasteiger partial charge on any atom is 0.337 e. The molecule has 4 aliphatic heterocycles. The molecule has 24 heteroatoms. The Morgan fingerprint density at radius 3 is 1.85 bits per heavy atom. The monoisotopic (exact) mass is 1130 g/mol. The van der Waals surface area contributed by atoms with Crippen LogP contribution in [0.25, 0.3) is 0 Å². The highest BCUT2D eigenvalue weighted by atomic mass is 16.8. The fraction of sp³-hybridized carbons (Fsp3) is 0.927. The summed E-state index contributed by atoms with van der Waals surface area (Å²) in [5.41, 5.74) is -2.13. The Morgan fingerprint density at radius 1 is 0.633 bits per heavy atom. The van der Waals surface area contributed by atoms with Crippen LogP contribution in [0.4, 0.5) is 0 Å². The Labute approximate surface area is 459 Å². The number of rotatable bonds is 13. The molecule has 4 saturated carbocycles. The van der Waals surface area contributed by atoms with E-state index in [0.717, 1.165) is 20.0 Å². The number of hydrogen-bond donors (Lipinski definition) is 13. The van der Waals surface area contributed by atoms with Crippen molar-refractivity contribution in [2.45, 2.75) is 235 Å². The summed E-state index contributed by atoms with van der Waals surface area (Å²) in [5.74, 6) is -1.16. The number of fused-ring (bicyclic) bond motifs is 7. The van der Waals surface area contributed by atoms with Gasteiger partial charge in [0.25, 0.3) is 0 Å². The zero-order valence-corrected chi connectivity index (χ0v) is 46.4. The molecule has 30 atom stereocenters. The normalized spacial score (nSPS) is 54.8. The van der Waals surface area contributed by atoms with Crippen LogP contribution in [0.3, 0.4) is 0 Å². The van der Waals surface area contributed by atoms with Gasteiger partial charge in [0, 0.05) is 17.3 Å². The molecule has 0 amide bonds. The van der Waals surface area contributed by atoms with Gasteiger partial charge in [-0.05, 0) is 97.7 Å². The molecule has 13 N–H and O–H groups in total. The minimum Gasteiger partial charge on any atom is -0.467 e. The third-order valence-electron chi connectivity index (χ3n) is 21.7. The molecule has 9 rings (SSSR count). The van der Waals surface area contributed by atoms with E-state index < -0.39 is 170 Å². The van der Waals surface area contributed by atoms with Gasteiger partial charge in [-0.1, -0.05) is 53.2 Å². The van der Waals surface area contributed by atoms with Crippen LogP contribution in [0.5, 0.6) is 0 Å². The highest BCUT2D eigenvalue weighted by molar-refractivity contribution is 5.87. The SMILES string of the molecule is COC(=O)[C@H]1O[C@@H](O[C@H]2CC[C@@]3(C)[C@@H](CC[C@]4(C)[C@@H]3CC=C3[C@@H]5C[C@](C)(CO[C@@H]6O[C@H](CO)[C@@H](O)[C@H](O)[C@H]6O)CC(=O)[C@]5(C)CC[C@]34C)[C@@]2(C)CO)[C@H](O[C@@H]2O[C@H](CO)[C@H](O)[C@H](O)[C@H]2O[C@@H]2O[C@@H](C)[C@H](O)[C@@H](O)[C@H]2O)[C@@H](O)[C@@H]1O. The number of carbonyl (C=O) groups is 2. The number of methoxy groups -OCH3 is 1. The molecule has 5 aliphatic carbocycles. The molecule has 4 heterocycles. The van der Waals surface area contributed by atoms with Crippen LogP contribution < -0.4 is 0 Å². The van der Waals surface area contributed by atoms with E-state index in [2.05, 4.69) is 33.8 Å². The summed E-state index contributed by atoms with van der Waals surface area (Å²) in [4.78, 5) is 27.7. The van der Waals surface area contributed by atoms with Gasteiger partial charge in [0.2, 0.25) is 0 Å². The number of ether oxygens (including phenoxy) is 9. The summed E-state index contributed by atoms with van der Waals surface area (Å²) in [7, 11) is 1.07. The largest absolute Gasteiger partial charge is 0.467 e. The third-order valence-corrected chi connectivity index (χ3v) is 21.7. The molecule has 24 nitrogen and oxygen atoms in total. The van der Waals surface area contributed by atoms with Gasteiger partial charge in [-0.15, -0.1) is 0 Å². The van der Waals surface area contributed by atoms with Crippen molar-refractivity contribution in [1.82, 2.24) is 0 Å². The fourth-order valence-corrected chi connectivity index (χ4v) is 16.5. The fourth-order valence-electron chi connectivity index (χ4n) is 16.5. The van der Waals surface area contributed by atoms with E-state index in [1.807, 2.05) is 13.8 Å². The summed E-state index contributed by atoms with van der Waals surface area (Å²) in [6.07, 6.45) is -26.6. The predicted octanol–water partition coefficient (Wildman–Crippen LogP) is -2.20. The van der Waals surface area contributed by atoms with Gasteiger partial charge < -0.3 is 109 Å². The van der Waals surface area contributed by atoms with Gasteiger partial charge >= 0.3 is 5.97 Å². The van der Waals surface area contributed by atoms with E-state index in [9.17, 15) is 76.0 Å². The second kappa shape index (κ2) is 22.5. The number of Topliss-reactive ketones (excluding diaryl/α,β-unsaturated/α-hetero) is 1.